The normalized spacial score (nSPS) is 27.0. The van der Waals surface area contributed by atoms with E-state index in [9.17, 15) is 4.79 Å². The molecule has 2 bridgehead atoms. The van der Waals surface area contributed by atoms with Crippen molar-refractivity contribution in [2.75, 3.05) is 18.0 Å². The first-order valence-electron chi connectivity index (χ1n) is 10.6. The molecule has 0 saturated carbocycles. The molecule has 3 fully saturated rings. The zero-order chi connectivity index (χ0) is 20.0. The molecule has 152 valence electrons. The predicted octanol–water partition coefficient (Wildman–Crippen LogP) is 3.66. The minimum atomic E-state index is -0.0831. The van der Waals surface area contributed by atoms with E-state index in [-0.39, 0.29) is 11.9 Å². The van der Waals surface area contributed by atoms with Gasteiger partial charge in [-0.1, -0.05) is 0 Å². The molecule has 0 aromatic carbocycles. The number of hydrogen-bond donors (Lipinski definition) is 1. The number of anilines is 1. The summed E-state index contributed by atoms with van der Waals surface area (Å²) in [5.74, 6) is 0.495. The average molecular weight is 385 g/mol. The highest BCUT2D eigenvalue weighted by Gasteiger charge is 2.40. The Hall–Kier alpha value is -2.08. The highest BCUT2D eigenvalue weighted by atomic mass is 16.3. The molecule has 2 atom stereocenters. The number of piperidine rings is 3. The van der Waals surface area contributed by atoms with E-state index >= 15 is 0 Å². The third-order valence-electron chi connectivity index (χ3n) is 6.54. The molecule has 1 amide bonds. The highest BCUT2D eigenvalue weighted by Crippen LogP contribution is 2.33. The second-order valence-corrected chi connectivity index (χ2v) is 8.89. The van der Waals surface area contributed by atoms with E-state index in [0.29, 0.717) is 35.3 Å². The van der Waals surface area contributed by atoms with E-state index in [1.54, 1.807) is 12.5 Å². The fraction of sp³-hybridized carbons (Fsp3) is 0.636. The topological polar surface area (TPSA) is 61.6 Å². The van der Waals surface area contributed by atoms with Gasteiger partial charge in [0, 0.05) is 29.6 Å². The first-order valence-corrected chi connectivity index (χ1v) is 10.6. The molecule has 0 aliphatic carbocycles. The molecule has 1 N–H and O–H groups in total. The number of nitrogens with zero attached hydrogens (tertiary/aromatic N) is 3. The van der Waals surface area contributed by atoms with Crippen molar-refractivity contribution in [3.05, 3.63) is 24.2 Å². The van der Waals surface area contributed by atoms with Crippen LogP contribution in [0.2, 0.25) is 0 Å². The number of furan rings is 1. The summed E-state index contributed by atoms with van der Waals surface area (Å²) in [5.41, 5.74) is 2.20. The number of amides is 1. The van der Waals surface area contributed by atoms with Crippen molar-refractivity contribution in [1.29, 1.82) is 0 Å². The van der Waals surface area contributed by atoms with E-state index in [2.05, 4.69) is 54.7 Å². The number of fused-ring (bicyclic) bond motifs is 4. The van der Waals surface area contributed by atoms with Crippen LogP contribution in [0.4, 0.5) is 5.69 Å². The van der Waals surface area contributed by atoms with Crippen molar-refractivity contribution in [1.82, 2.24) is 15.2 Å². The summed E-state index contributed by atoms with van der Waals surface area (Å²) in [4.78, 5) is 22.2. The average Bonchev–Trinajstić information content (AvgIpc) is 3.07. The van der Waals surface area contributed by atoms with Gasteiger partial charge in [0.1, 0.15) is 12.0 Å². The van der Waals surface area contributed by atoms with E-state index < -0.39 is 0 Å². The molecule has 6 nitrogen and oxygen atoms in total. The molecule has 3 aliphatic rings. The molecule has 3 aliphatic heterocycles. The number of carbonyl (C=O) groups excluding carboxylic acids is 1. The molecule has 0 spiro atoms. The summed E-state index contributed by atoms with van der Waals surface area (Å²) < 4.78 is 5.73. The second-order valence-electron chi connectivity index (χ2n) is 8.89. The third kappa shape index (κ3) is 3.28. The van der Waals surface area contributed by atoms with Crippen LogP contribution in [-0.2, 0) is 0 Å². The molecule has 5 heterocycles. The Kier molecular flexibility index (Phi) is 5.08. The number of carbonyl (C=O) groups is 1. The lowest BCUT2D eigenvalue weighted by atomic mass is 9.79. The molecular weight excluding hydrogens is 352 g/mol. The van der Waals surface area contributed by atoms with Gasteiger partial charge in [-0.3, -0.25) is 9.69 Å². The Labute approximate surface area is 167 Å². The van der Waals surface area contributed by atoms with Crippen LogP contribution in [-0.4, -0.2) is 53.0 Å². The van der Waals surface area contributed by atoms with E-state index in [0.717, 1.165) is 24.2 Å². The number of pyridine rings is 1. The molecule has 2 aromatic rings. The van der Waals surface area contributed by atoms with Crippen LogP contribution in [0, 0.1) is 5.92 Å². The van der Waals surface area contributed by atoms with Crippen LogP contribution in [0.1, 0.15) is 57.9 Å². The number of aromatic nitrogens is 1. The summed E-state index contributed by atoms with van der Waals surface area (Å²) in [7, 11) is 0. The molecule has 6 heteroatoms. The van der Waals surface area contributed by atoms with E-state index in [1.165, 1.54) is 12.8 Å². The number of rotatable bonds is 5. The maximum atomic E-state index is 13.0. The first-order chi connectivity index (χ1) is 13.4. The van der Waals surface area contributed by atoms with Crippen LogP contribution in [0.5, 0.6) is 0 Å². The van der Waals surface area contributed by atoms with Gasteiger partial charge in [0.25, 0.3) is 5.91 Å². The lowest BCUT2D eigenvalue weighted by Gasteiger charge is -2.49. The van der Waals surface area contributed by atoms with Crippen LogP contribution in [0.15, 0.2) is 22.9 Å². The molecule has 5 rings (SSSR count). The van der Waals surface area contributed by atoms with E-state index in [1.807, 2.05) is 6.07 Å². The summed E-state index contributed by atoms with van der Waals surface area (Å²) in [6.45, 7) is 13.2. The molecule has 3 saturated heterocycles. The van der Waals surface area contributed by atoms with Gasteiger partial charge in [0.05, 0.1) is 11.9 Å². The Morgan fingerprint density at radius 2 is 1.93 bits per heavy atom. The first kappa shape index (κ1) is 19.2. The Morgan fingerprint density at radius 3 is 2.54 bits per heavy atom. The molecular formula is C22H32N4O2. The largest absolute Gasteiger partial charge is 0.460 e. The van der Waals surface area contributed by atoms with Gasteiger partial charge in [-0.2, -0.15) is 0 Å². The van der Waals surface area contributed by atoms with Crippen molar-refractivity contribution in [2.45, 2.75) is 71.6 Å². The lowest BCUT2D eigenvalue weighted by molar-refractivity contribution is 0.0216. The van der Waals surface area contributed by atoms with Crippen molar-refractivity contribution in [3.63, 3.8) is 0 Å². The minimum Gasteiger partial charge on any atom is -0.460 e. The Morgan fingerprint density at radius 1 is 1.25 bits per heavy atom. The van der Waals surface area contributed by atoms with Crippen molar-refractivity contribution >= 4 is 22.6 Å². The lowest BCUT2D eigenvalue weighted by Crippen LogP contribution is -2.62. The summed E-state index contributed by atoms with van der Waals surface area (Å²) in [6, 6.07) is 3.15. The highest BCUT2D eigenvalue weighted by molar-refractivity contribution is 5.99. The van der Waals surface area contributed by atoms with Gasteiger partial charge < -0.3 is 14.6 Å². The summed E-state index contributed by atoms with van der Waals surface area (Å²) >= 11 is 0. The van der Waals surface area contributed by atoms with Gasteiger partial charge in [0.2, 0.25) is 0 Å². The SMILES string of the molecule is CC(C)N(c1coc2cnc(C(=O)N[C@@H]3C4CCN(CC4)[C@@H]3C)cc12)C(C)C. The van der Waals surface area contributed by atoms with Gasteiger partial charge in [-0.05, 0) is 72.5 Å². The number of hydrogen-bond acceptors (Lipinski definition) is 5. The monoisotopic (exact) mass is 384 g/mol. The quantitative estimate of drug-likeness (QED) is 0.852. The Bertz CT molecular complexity index is 841. The van der Waals surface area contributed by atoms with Gasteiger partial charge >= 0.3 is 0 Å². The van der Waals surface area contributed by atoms with Crippen LogP contribution in [0.25, 0.3) is 11.0 Å². The summed E-state index contributed by atoms with van der Waals surface area (Å²) in [5, 5.41) is 4.23. The molecule has 0 unspecified atom stereocenters. The van der Waals surface area contributed by atoms with Crippen LogP contribution in [0.3, 0.4) is 0 Å². The molecule has 2 aromatic heterocycles. The fourth-order valence-electron chi connectivity index (χ4n) is 5.17. The zero-order valence-electron chi connectivity index (χ0n) is 17.6. The maximum absolute atomic E-state index is 13.0. The van der Waals surface area contributed by atoms with Gasteiger partial charge in [-0.25, -0.2) is 4.98 Å². The van der Waals surface area contributed by atoms with Crippen molar-refractivity contribution < 1.29 is 9.21 Å². The minimum absolute atomic E-state index is 0.0831. The Balaban J connectivity index is 1.60. The smallest absolute Gasteiger partial charge is 0.270 e. The maximum Gasteiger partial charge on any atom is 0.270 e. The van der Waals surface area contributed by atoms with Crippen molar-refractivity contribution in [3.8, 4) is 0 Å². The second kappa shape index (κ2) is 7.39. The molecule has 28 heavy (non-hydrogen) atoms. The van der Waals surface area contributed by atoms with Crippen molar-refractivity contribution in [2.24, 2.45) is 5.92 Å². The fourth-order valence-corrected chi connectivity index (χ4v) is 5.17. The number of nitrogens with one attached hydrogen (secondary N) is 1. The zero-order valence-corrected chi connectivity index (χ0v) is 17.6. The van der Waals surface area contributed by atoms with Gasteiger partial charge in [-0.15, -0.1) is 0 Å². The summed E-state index contributed by atoms with van der Waals surface area (Å²) in [6.07, 6.45) is 5.80. The third-order valence-corrected chi connectivity index (χ3v) is 6.54. The standard InChI is InChI=1S/C22H32N4O2/c1-13(2)26(14(3)4)19-12-28-20-11-23-18(10-17(19)20)22(27)24-21-15(5)25-8-6-16(21)7-9-25/h10-16,21H,6-9H2,1-5H3,(H,24,27)/t15-,21+/m1/s1. The van der Waals surface area contributed by atoms with Crippen LogP contribution >= 0.6 is 0 Å². The van der Waals surface area contributed by atoms with Gasteiger partial charge in [0.15, 0.2) is 5.58 Å². The van der Waals surface area contributed by atoms with Crippen LogP contribution < -0.4 is 10.2 Å². The molecule has 0 radical (unpaired) electrons. The predicted molar refractivity (Wildman–Crippen MR) is 112 cm³/mol. The van der Waals surface area contributed by atoms with E-state index in [4.69, 9.17) is 4.42 Å².